The van der Waals surface area contributed by atoms with Gasteiger partial charge in [0.25, 0.3) is 0 Å². The van der Waals surface area contributed by atoms with Crippen molar-refractivity contribution in [3.63, 3.8) is 0 Å². The quantitative estimate of drug-likeness (QED) is 0.934. The summed E-state index contributed by atoms with van der Waals surface area (Å²) in [7, 11) is 0. The minimum absolute atomic E-state index is 0.139. The summed E-state index contributed by atoms with van der Waals surface area (Å²) in [5.74, 6) is 1.01. The third-order valence-corrected chi connectivity index (χ3v) is 5.50. The minimum atomic E-state index is -0.139. The second-order valence-corrected chi connectivity index (χ2v) is 7.29. The molecule has 2 aromatic rings. The lowest BCUT2D eigenvalue weighted by atomic mass is 10.1. The molecule has 0 radical (unpaired) electrons. The molecule has 2 fully saturated rings. The van der Waals surface area contributed by atoms with Gasteiger partial charge in [0, 0.05) is 56.3 Å². The normalized spacial score (nSPS) is 28.2. The minimum Gasteiger partial charge on any atom is -0.392 e. The zero-order valence-electron chi connectivity index (χ0n) is 14.5. The van der Waals surface area contributed by atoms with Crippen molar-refractivity contribution >= 4 is 0 Å². The van der Waals surface area contributed by atoms with Gasteiger partial charge in [-0.3, -0.25) is 9.80 Å². The van der Waals surface area contributed by atoms with Crippen LogP contribution in [0, 0.1) is 6.92 Å². The Hall–Kier alpha value is -1.69. The average molecular weight is 326 g/mol. The standard InChI is InChI=1S/C19H26N4O/c1-14-10-22-13-19(24)9-18(22)12-21(14)11-16-3-5-17(6-4-16)23-8-7-20-15(23)2/h3-8,14,18-19,24H,9-13H2,1-2H3/t14-,18?,19+/m0/s1. The van der Waals surface area contributed by atoms with Crippen molar-refractivity contribution in [1.82, 2.24) is 19.4 Å². The topological polar surface area (TPSA) is 44.5 Å². The fourth-order valence-corrected chi connectivity index (χ4v) is 4.14. The van der Waals surface area contributed by atoms with Gasteiger partial charge < -0.3 is 9.67 Å². The highest BCUT2D eigenvalue weighted by atomic mass is 16.3. The highest BCUT2D eigenvalue weighted by molar-refractivity contribution is 5.35. The summed E-state index contributed by atoms with van der Waals surface area (Å²) in [5, 5.41) is 9.90. The van der Waals surface area contributed by atoms with Gasteiger partial charge in [-0.1, -0.05) is 12.1 Å². The Kier molecular flexibility index (Phi) is 4.16. The Balaban J connectivity index is 1.44. The van der Waals surface area contributed by atoms with E-state index in [2.05, 4.69) is 50.5 Å². The molecule has 0 aliphatic carbocycles. The van der Waals surface area contributed by atoms with Crippen molar-refractivity contribution in [2.45, 2.75) is 45.0 Å². The van der Waals surface area contributed by atoms with E-state index in [1.54, 1.807) is 0 Å². The van der Waals surface area contributed by atoms with Gasteiger partial charge in [-0.05, 0) is 38.0 Å². The van der Waals surface area contributed by atoms with E-state index in [9.17, 15) is 5.11 Å². The summed E-state index contributed by atoms with van der Waals surface area (Å²) < 4.78 is 2.10. The highest BCUT2D eigenvalue weighted by Gasteiger charge is 2.37. The van der Waals surface area contributed by atoms with Crippen LogP contribution in [0.1, 0.15) is 24.7 Å². The lowest BCUT2D eigenvalue weighted by Gasteiger charge is -2.42. The molecule has 24 heavy (non-hydrogen) atoms. The Labute approximate surface area is 143 Å². The summed E-state index contributed by atoms with van der Waals surface area (Å²) in [5.41, 5.74) is 2.50. The summed E-state index contributed by atoms with van der Waals surface area (Å²) in [6, 6.07) is 9.83. The molecule has 1 unspecified atom stereocenters. The number of nitrogens with zero attached hydrogens (tertiary/aromatic N) is 4. The van der Waals surface area contributed by atoms with Crippen LogP contribution in [0.5, 0.6) is 0 Å². The number of hydrogen-bond acceptors (Lipinski definition) is 4. The molecular weight excluding hydrogens is 300 g/mol. The molecule has 2 aliphatic rings. The summed E-state index contributed by atoms with van der Waals surface area (Å²) >= 11 is 0. The van der Waals surface area contributed by atoms with E-state index >= 15 is 0 Å². The first kappa shape index (κ1) is 15.8. The molecule has 3 atom stereocenters. The van der Waals surface area contributed by atoms with Crippen LogP contribution in [0.4, 0.5) is 0 Å². The predicted octanol–water partition coefficient (Wildman–Crippen LogP) is 1.82. The molecule has 2 aliphatic heterocycles. The molecule has 0 bridgehead atoms. The van der Waals surface area contributed by atoms with E-state index in [1.807, 2.05) is 19.3 Å². The number of benzene rings is 1. The molecule has 5 nitrogen and oxygen atoms in total. The summed E-state index contributed by atoms with van der Waals surface area (Å²) in [6.45, 7) is 8.26. The molecule has 0 amide bonds. The molecule has 4 rings (SSSR count). The number of rotatable bonds is 3. The first-order valence-electron chi connectivity index (χ1n) is 8.85. The number of aliphatic hydroxyl groups excluding tert-OH is 1. The first-order valence-corrected chi connectivity index (χ1v) is 8.85. The monoisotopic (exact) mass is 326 g/mol. The fraction of sp³-hybridized carbons (Fsp3) is 0.526. The summed E-state index contributed by atoms with van der Waals surface area (Å²) in [4.78, 5) is 9.29. The summed E-state index contributed by atoms with van der Waals surface area (Å²) in [6.07, 6.45) is 4.61. The molecule has 3 heterocycles. The Bertz CT molecular complexity index is 696. The van der Waals surface area contributed by atoms with Crippen LogP contribution in [0.25, 0.3) is 5.69 Å². The average Bonchev–Trinajstić information content (AvgIpc) is 3.13. The van der Waals surface area contributed by atoms with Gasteiger partial charge in [0.1, 0.15) is 5.82 Å². The highest BCUT2D eigenvalue weighted by Crippen LogP contribution is 2.26. The molecule has 1 aromatic carbocycles. The van der Waals surface area contributed by atoms with E-state index in [0.717, 1.165) is 44.1 Å². The maximum Gasteiger partial charge on any atom is 0.110 e. The van der Waals surface area contributed by atoms with Crippen LogP contribution in [0.3, 0.4) is 0 Å². The van der Waals surface area contributed by atoms with Crippen molar-refractivity contribution in [3.05, 3.63) is 48.0 Å². The van der Waals surface area contributed by atoms with Crippen molar-refractivity contribution in [2.24, 2.45) is 0 Å². The van der Waals surface area contributed by atoms with Gasteiger partial charge in [-0.25, -0.2) is 4.98 Å². The van der Waals surface area contributed by atoms with Crippen molar-refractivity contribution in [3.8, 4) is 5.69 Å². The molecule has 1 N–H and O–H groups in total. The Morgan fingerprint density at radius 3 is 2.67 bits per heavy atom. The van der Waals surface area contributed by atoms with Crippen LogP contribution < -0.4 is 0 Å². The molecule has 2 saturated heterocycles. The fourth-order valence-electron chi connectivity index (χ4n) is 4.14. The lowest BCUT2D eigenvalue weighted by molar-refractivity contribution is 0.0528. The van der Waals surface area contributed by atoms with Crippen LogP contribution in [0.15, 0.2) is 36.7 Å². The SMILES string of the molecule is Cc1nccn1-c1ccc(CN2CC3C[C@@H](O)CN3C[C@@H]2C)cc1. The number of piperazine rings is 1. The van der Waals surface area contributed by atoms with E-state index < -0.39 is 0 Å². The molecular formula is C19H26N4O. The van der Waals surface area contributed by atoms with Gasteiger partial charge in [-0.2, -0.15) is 0 Å². The molecule has 5 heteroatoms. The van der Waals surface area contributed by atoms with Gasteiger partial charge in [0.05, 0.1) is 6.10 Å². The largest absolute Gasteiger partial charge is 0.392 e. The Morgan fingerprint density at radius 1 is 1.17 bits per heavy atom. The zero-order chi connectivity index (χ0) is 16.7. The van der Waals surface area contributed by atoms with E-state index in [0.29, 0.717) is 12.1 Å². The van der Waals surface area contributed by atoms with Crippen LogP contribution in [0.2, 0.25) is 0 Å². The molecule has 1 aromatic heterocycles. The number of hydrogen-bond donors (Lipinski definition) is 1. The number of aromatic nitrogens is 2. The van der Waals surface area contributed by atoms with Crippen LogP contribution >= 0.6 is 0 Å². The predicted molar refractivity (Wildman–Crippen MR) is 94.2 cm³/mol. The number of fused-ring (bicyclic) bond motifs is 1. The molecule has 0 saturated carbocycles. The maximum atomic E-state index is 9.90. The third-order valence-electron chi connectivity index (χ3n) is 5.50. The number of aryl methyl sites for hydroxylation is 1. The van der Waals surface area contributed by atoms with Gasteiger partial charge >= 0.3 is 0 Å². The van der Waals surface area contributed by atoms with Crippen molar-refractivity contribution in [2.75, 3.05) is 19.6 Å². The van der Waals surface area contributed by atoms with Crippen molar-refractivity contribution < 1.29 is 5.11 Å². The number of imidazole rings is 1. The Morgan fingerprint density at radius 2 is 1.96 bits per heavy atom. The van der Waals surface area contributed by atoms with Crippen LogP contribution in [-0.4, -0.2) is 62.3 Å². The second-order valence-electron chi connectivity index (χ2n) is 7.29. The molecule has 128 valence electrons. The number of aliphatic hydroxyl groups is 1. The lowest BCUT2D eigenvalue weighted by Crippen LogP contribution is -2.54. The second kappa shape index (κ2) is 6.31. The molecule has 0 spiro atoms. The van der Waals surface area contributed by atoms with Gasteiger partial charge in [-0.15, -0.1) is 0 Å². The van der Waals surface area contributed by atoms with Gasteiger partial charge in [0.2, 0.25) is 0 Å². The van der Waals surface area contributed by atoms with Gasteiger partial charge in [0.15, 0.2) is 0 Å². The van der Waals surface area contributed by atoms with Crippen molar-refractivity contribution in [1.29, 1.82) is 0 Å². The zero-order valence-corrected chi connectivity index (χ0v) is 14.5. The first-order chi connectivity index (χ1) is 11.6. The van der Waals surface area contributed by atoms with E-state index in [-0.39, 0.29) is 6.10 Å². The smallest absolute Gasteiger partial charge is 0.110 e. The maximum absolute atomic E-state index is 9.90. The third kappa shape index (κ3) is 2.99. The van der Waals surface area contributed by atoms with E-state index in [4.69, 9.17) is 0 Å². The van der Waals surface area contributed by atoms with E-state index in [1.165, 1.54) is 5.56 Å². The van der Waals surface area contributed by atoms with Crippen LogP contribution in [-0.2, 0) is 6.54 Å².